The summed E-state index contributed by atoms with van der Waals surface area (Å²) in [7, 11) is 0. The maximum atomic E-state index is 15.0. The average molecular weight is 569 g/mol. The molecule has 214 valence electrons. The third kappa shape index (κ3) is 5.89. The molecule has 0 spiro atoms. The molecule has 0 unspecified atom stereocenters. The molecule has 2 aromatic carbocycles. The fraction of sp³-hybridized carbons (Fsp3) is 0.300. The number of fused-ring (bicyclic) bond motifs is 1. The molecule has 11 heteroatoms. The van der Waals surface area contributed by atoms with Gasteiger partial charge in [-0.05, 0) is 69.5 Å². The van der Waals surface area contributed by atoms with E-state index in [1.165, 1.54) is 18.2 Å². The quantitative estimate of drug-likeness (QED) is 0.171. The number of piperidine rings is 1. The van der Waals surface area contributed by atoms with Gasteiger partial charge in [0.1, 0.15) is 45.8 Å². The molecule has 2 aromatic heterocycles. The fourth-order valence-corrected chi connectivity index (χ4v) is 4.92. The largest absolute Gasteiger partial charge is 0.618 e. The van der Waals surface area contributed by atoms with Crippen LogP contribution in [0.4, 0.5) is 28.2 Å². The third-order valence-corrected chi connectivity index (χ3v) is 6.80. The normalized spacial score (nSPS) is 14.4. The lowest BCUT2D eigenvalue weighted by Crippen LogP contribution is -2.44. The Labute approximate surface area is 234 Å². The van der Waals surface area contributed by atoms with Crippen LogP contribution in [0.1, 0.15) is 33.6 Å². The Kier molecular flexibility index (Phi) is 7.46. The van der Waals surface area contributed by atoms with Crippen molar-refractivity contribution >= 4 is 22.8 Å². The number of amides is 1. The first kappa shape index (κ1) is 28.1. The number of hydrogen-bond donors (Lipinski definition) is 1. The molecule has 4 aromatic rings. The highest BCUT2D eigenvalue weighted by Gasteiger charge is 2.29. The minimum atomic E-state index is -0.966. The van der Waals surface area contributed by atoms with Gasteiger partial charge in [0.15, 0.2) is 6.20 Å². The van der Waals surface area contributed by atoms with Gasteiger partial charge in [-0.3, -0.25) is 0 Å². The Hall–Kier alpha value is -4.41. The summed E-state index contributed by atoms with van der Waals surface area (Å²) in [5, 5.41) is 16.5. The van der Waals surface area contributed by atoms with Crippen molar-refractivity contribution in [3.8, 4) is 22.4 Å². The van der Waals surface area contributed by atoms with Gasteiger partial charge in [0.25, 0.3) is 5.69 Å². The molecule has 0 bridgehead atoms. The standard InChI is InChI=1S/C30H28F4N4O3/c1-30(2,3)41-29(39)37-12-9-18(10-13-37)35-25-16-21(19-8-7-17(31)15-24(19)34)20-11-14-38(40)28(27(20)36-25)26-22(32)5-4-6-23(26)33/h4-8,11,14-16,18H,9-10,12-13H2,1-3H3,(H,35,36). The lowest BCUT2D eigenvalue weighted by atomic mass is 9.98. The maximum absolute atomic E-state index is 15.0. The number of nitrogens with one attached hydrogen (secondary N) is 1. The van der Waals surface area contributed by atoms with Crippen molar-refractivity contribution in [2.24, 2.45) is 0 Å². The zero-order valence-electron chi connectivity index (χ0n) is 22.7. The number of rotatable bonds is 4. The van der Waals surface area contributed by atoms with Crippen molar-refractivity contribution in [1.82, 2.24) is 9.88 Å². The first-order valence-electron chi connectivity index (χ1n) is 13.1. The van der Waals surface area contributed by atoms with Crippen LogP contribution in [0.5, 0.6) is 0 Å². The van der Waals surface area contributed by atoms with E-state index in [0.29, 0.717) is 30.7 Å². The number of hydrogen-bond acceptors (Lipinski definition) is 5. The first-order chi connectivity index (χ1) is 19.4. The molecule has 0 atom stereocenters. The van der Waals surface area contributed by atoms with Crippen molar-refractivity contribution in [3.63, 3.8) is 0 Å². The van der Waals surface area contributed by atoms with Gasteiger partial charge in [-0.2, -0.15) is 4.73 Å². The molecule has 41 heavy (non-hydrogen) atoms. The number of ether oxygens (including phenoxy) is 1. The molecule has 1 fully saturated rings. The van der Waals surface area contributed by atoms with E-state index in [9.17, 15) is 23.2 Å². The summed E-state index contributed by atoms with van der Waals surface area (Å²) < 4.78 is 64.3. The summed E-state index contributed by atoms with van der Waals surface area (Å²) in [5.41, 5.74) is -1.38. The smallest absolute Gasteiger partial charge is 0.410 e. The molecule has 1 aliphatic heterocycles. The zero-order chi connectivity index (χ0) is 29.5. The first-order valence-corrected chi connectivity index (χ1v) is 13.1. The monoisotopic (exact) mass is 568 g/mol. The van der Waals surface area contributed by atoms with Gasteiger partial charge < -0.3 is 20.2 Å². The van der Waals surface area contributed by atoms with Crippen LogP contribution >= 0.6 is 0 Å². The average Bonchev–Trinajstić information content (AvgIpc) is 2.89. The summed E-state index contributed by atoms with van der Waals surface area (Å²) in [6.07, 6.45) is 1.72. The van der Waals surface area contributed by atoms with E-state index in [1.54, 1.807) is 31.7 Å². The highest BCUT2D eigenvalue weighted by Crippen LogP contribution is 2.37. The van der Waals surface area contributed by atoms with E-state index in [4.69, 9.17) is 4.74 Å². The van der Waals surface area contributed by atoms with E-state index in [2.05, 4.69) is 10.3 Å². The topological polar surface area (TPSA) is 81.4 Å². The number of anilines is 1. The zero-order valence-corrected chi connectivity index (χ0v) is 22.7. The van der Waals surface area contributed by atoms with Crippen LogP contribution in [-0.4, -0.2) is 40.7 Å². The molecule has 3 heterocycles. The molecule has 0 radical (unpaired) electrons. The van der Waals surface area contributed by atoms with Gasteiger partial charge in [0, 0.05) is 42.2 Å². The summed E-state index contributed by atoms with van der Waals surface area (Å²) in [6.45, 7) is 6.19. The predicted octanol–water partition coefficient (Wildman–Crippen LogP) is 6.57. The summed E-state index contributed by atoms with van der Waals surface area (Å²) in [4.78, 5) is 18.6. The number of likely N-dealkylation sites (tertiary alicyclic amines) is 1. The maximum Gasteiger partial charge on any atom is 0.410 e. The van der Waals surface area contributed by atoms with Crippen molar-refractivity contribution in [3.05, 3.63) is 83.2 Å². The SMILES string of the molecule is CC(C)(C)OC(=O)N1CCC(Nc2cc(-c3ccc(F)cc3F)c3cc[n+]([O-])c(-c4c(F)cccc4F)c3n2)CC1. The van der Waals surface area contributed by atoms with Crippen LogP contribution in [0.15, 0.2) is 54.7 Å². The molecule has 1 saturated heterocycles. The molecule has 1 N–H and O–H groups in total. The van der Waals surface area contributed by atoms with Gasteiger partial charge in [-0.25, -0.2) is 27.3 Å². The molecular formula is C30H28F4N4O3. The Morgan fingerprint density at radius 3 is 2.32 bits per heavy atom. The Bertz CT molecular complexity index is 1610. The van der Waals surface area contributed by atoms with Crippen LogP contribution < -0.4 is 10.0 Å². The highest BCUT2D eigenvalue weighted by atomic mass is 19.1. The lowest BCUT2D eigenvalue weighted by Gasteiger charge is -2.34. The number of carbonyl (C=O) groups excluding carboxylic acids is 1. The Morgan fingerprint density at radius 2 is 1.68 bits per heavy atom. The number of pyridine rings is 2. The molecule has 0 aliphatic carbocycles. The number of aromatic nitrogens is 2. The molecular weight excluding hydrogens is 540 g/mol. The van der Waals surface area contributed by atoms with Crippen molar-refractivity contribution in [2.75, 3.05) is 18.4 Å². The summed E-state index contributed by atoms with van der Waals surface area (Å²) in [6, 6.07) is 9.07. The third-order valence-electron chi connectivity index (χ3n) is 6.80. The van der Waals surface area contributed by atoms with Crippen LogP contribution in [-0.2, 0) is 4.74 Å². The van der Waals surface area contributed by atoms with Gasteiger partial charge in [-0.15, -0.1) is 0 Å². The molecule has 7 nitrogen and oxygen atoms in total. The highest BCUT2D eigenvalue weighted by molar-refractivity contribution is 6.01. The summed E-state index contributed by atoms with van der Waals surface area (Å²) >= 11 is 0. The minimum absolute atomic E-state index is 0.0187. The van der Waals surface area contributed by atoms with Crippen LogP contribution in [0, 0.1) is 28.5 Å². The molecule has 5 rings (SSSR count). The molecule has 1 amide bonds. The van der Waals surface area contributed by atoms with Crippen LogP contribution in [0.2, 0.25) is 0 Å². The minimum Gasteiger partial charge on any atom is -0.618 e. The van der Waals surface area contributed by atoms with E-state index >= 15 is 4.39 Å². The Morgan fingerprint density at radius 1 is 1.00 bits per heavy atom. The van der Waals surface area contributed by atoms with E-state index < -0.39 is 40.5 Å². The lowest BCUT2D eigenvalue weighted by molar-refractivity contribution is -0.592. The number of nitrogens with zero attached hydrogens (tertiary/aromatic N) is 3. The van der Waals surface area contributed by atoms with Crippen LogP contribution in [0.25, 0.3) is 33.3 Å². The molecule has 0 saturated carbocycles. The van der Waals surface area contributed by atoms with E-state index in [1.807, 2.05) is 0 Å². The van der Waals surface area contributed by atoms with Crippen molar-refractivity contribution in [1.29, 1.82) is 0 Å². The van der Waals surface area contributed by atoms with Gasteiger partial charge in [-0.1, -0.05) is 6.07 Å². The second-order valence-electron chi connectivity index (χ2n) is 10.9. The Balaban J connectivity index is 1.58. The van der Waals surface area contributed by atoms with E-state index in [0.717, 1.165) is 30.5 Å². The second kappa shape index (κ2) is 10.9. The molecule has 1 aliphatic rings. The van der Waals surface area contributed by atoms with Crippen molar-refractivity contribution in [2.45, 2.75) is 45.3 Å². The van der Waals surface area contributed by atoms with Crippen LogP contribution in [0.3, 0.4) is 0 Å². The number of carbonyl (C=O) groups is 1. The number of benzene rings is 2. The van der Waals surface area contributed by atoms with Gasteiger partial charge >= 0.3 is 6.09 Å². The van der Waals surface area contributed by atoms with E-state index in [-0.39, 0.29) is 39.6 Å². The fourth-order valence-electron chi connectivity index (χ4n) is 4.92. The summed E-state index contributed by atoms with van der Waals surface area (Å²) in [5.74, 6) is -3.34. The van der Waals surface area contributed by atoms with Gasteiger partial charge in [0.05, 0.1) is 0 Å². The predicted molar refractivity (Wildman–Crippen MR) is 146 cm³/mol. The van der Waals surface area contributed by atoms with Crippen molar-refractivity contribution < 1.29 is 31.8 Å². The van der Waals surface area contributed by atoms with Gasteiger partial charge in [0.2, 0.25) is 0 Å². The second-order valence-corrected chi connectivity index (χ2v) is 10.9. The number of halogens is 4.